The molecule has 0 aliphatic carbocycles. The van der Waals surface area contributed by atoms with E-state index in [1.807, 2.05) is 9.96 Å². The van der Waals surface area contributed by atoms with Gasteiger partial charge >= 0.3 is 0 Å². The fraction of sp³-hybridized carbons (Fsp3) is 0.688. The Labute approximate surface area is 152 Å². The van der Waals surface area contributed by atoms with Gasteiger partial charge in [0.2, 0.25) is 15.9 Å². The molecule has 2 aliphatic rings. The molecule has 2 saturated heterocycles. The molecule has 1 N–H and O–H groups in total. The number of nitrogens with zero attached hydrogens (tertiary/aromatic N) is 2. The third kappa shape index (κ3) is 5.24. The summed E-state index contributed by atoms with van der Waals surface area (Å²) in [6.45, 7) is 4.01. The van der Waals surface area contributed by atoms with Gasteiger partial charge in [-0.2, -0.15) is 5.06 Å². The second-order valence-corrected chi connectivity index (χ2v) is 9.44. The summed E-state index contributed by atoms with van der Waals surface area (Å²) < 4.78 is 27.4. The average molecular weight is 388 g/mol. The molecule has 1 aromatic rings. The molecule has 2 aliphatic heterocycles. The summed E-state index contributed by atoms with van der Waals surface area (Å²) in [6.07, 6.45) is 3.32. The molecule has 140 valence electrons. The van der Waals surface area contributed by atoms with Crippen LogP contribution in [0, 0.1) is 5.92 Å². The first-order valence-corrected chi connectivity index (χ1v) is 11.1. The number of sulfonamides is 1. The fourth-order valence-corrected chi connectivity index (χ4v) is 5.38. The van der Waals surface area contributed by atoms with Gasteiger partial charge in [-0.3, -0.25) is 9.63 Å². The van der Waals surface area contributed by atoms with Crippen molar-refractivity contribution in [2.45, 2.75) is 29.9 Å². The lowest BCUT2D eigenvalue weighted by Gasteiger charge is -2.33. The molecule has 1 atom stereocenters. The van der Waals surface area contributed by atoms with Crippen LogP contribution in [0.25, 0.3) is 0 Å². The molecular formula is C16H25N3O4S2. The molecule has 3 heterocycles. The molecule has 0 saturated carbocycles. The number of hydrogen-bond donors (Lipinski definition) is 1. The van der Waals surface area contributed by atoms with Crippen LogP contribution in [-0.4, -0.2) is 63.6 Å². The maximum absolute atomic E-state index is 12.4. The van der Waals surface area contributed by atoms with E-state index in [0.717, 1.165) is 39.0 Å². The van der Waals surface area contributed by atoms with Crippen LogP contribution < -0.4 is 4.72 Å². The lowest BCUT2D eigenvalue weighted by atomic mass is 9.98. The molecule has 0 radical (unpaired) electrons. The molecule has 0 aromatic carbocycles. The summed E-state index contributed by atoms with van der Waals surface area (Å²) in [4.78, 5) is 19.7. The van der Waals surface area contributed by atoms with Gasteiger partial charge < -0.3 is 4.90 Å². The molecule has 25 heavy (non-hydrogen) atoms. The summed E-state index contributed by atoms with van der Waals surface area (Å²) in [5.74, 6) is 0.289. The summed E-state index contributed by atoms with van der Waals surface area (Å²) >= 11 is 1.21. The second kappa shape index (κ2) is 8.59. The number of rotatable bonds is 7. The third-order valence-electron chi connectivity index (χ3n) is 4.59. The topological polar surface area (TPSA) is 79.0 Å². The zero-order valence-electron chi connectivity index (χ0n) is 14.2. The van der Waals surface area contributed by atoms with Crippen molar-refractivity contribution in [1.29, 1.82) is 0 Å². The van der Waals surface area contributed by atoms with Crippen molar-refractivity contribution in [3.8, 4) is 0 Å². The van der Waals surface area contributed by atoms with Gasteiger partial charge in [-0.25, -0.2) is 13.1 Å². The van der Waals surface area contributed by atoms with E-state index in [-0.39, 0.29) is 11.8 Å². The third-order valence-corrected chi connectivity index (χ3v) is 7.42. The summed E-state index contributed by atoms with van der Waals surface area (Å²) in [6, 6.07) is 3.33. The number of thiophene rings is 1. The molecule has 3 rings (SSSR count). The minimum Gasteiger partial charge on any atom is -0.342 e. The zero-order chi connectivity index (χ0) is 17.7. The highest BCUT2D eigenvalue weighted by Crippen LogP contribution is 2.19. The van der Waals surface area contributed by atoms with Gasteiger partial charge in [-0.05, 0) is 36.6 Å². The van der Waals surface area contributed by atoms with Crippen LogP contribution in [0.2, 0.25) is 0 Å². The average Bonchev–Trinajstić information content (AvgIpc) is 3.32. The predicted octanol–water partition coefficient (Wildman–Crippen LogP) is 1.29. The summed E-state index contributed by atoms with van der Waals surface area (Å²) in [5.41, 5.74) is 0. The highest BCUT2D eigenvalue weighted by molar-refractivity contribution is 7.91. The molecule has 1 amide bonds. The van der Waals surface area contributed by atoms with Crippen molar-refractivity contribution < 1.29 is 18.0 Å². The number of piperidine rings is 1. The molecule has 0 unspecified atom stereocenters. The Morgan fingerprint density at radius 1 is 1.36 bits per heavy atom. The Morgan fingerprint density at radius 3 is 2.96 bits per heavy atom. The van der Waals surface area contributed by atoms with Crippen LogP contribution in [0.1, 0.15) is 25.7 Å². The fourth-order valence-electron chi connectivity index (χ4n) is 3.23. The first-order chi connectivity index (χ1) is 12.0. The van der Waals surface area contributed by atoms with Gasteiger partial charge in [-0.15, -0.1) is 11.3 Å². The largest absolute Gasteiger partial charge is 0.342 e. The van der Waals surface area contributed by atoms with Crippen molar-refractivity contribution in [3.05, 3.63) is 17.5 Å². The van der Waals surface area contributed by atoms with Crippen LogP contribution in [0.4, 0.5) is 0 Å². The lowest BCUT2D eigenvalue weighted by molar-refractivity contribution is -0.140. The van der Waals surface area contributed by atoms with E-state index in [9.17, 15) is 13.2 Å². The smallest absolute Gasteiger partial charge is 0.250 e. The Hall–Kier alpha value is -1.000. The van der Waals surface area contributed by atoms with Gasteiger partial charge in [0.15, 0.2) is 0 Å². The number of hydrogen-bond acceptors (Lipinski definition) is 6. The van der Waals surface area contributed by atoms with Crippen LogP contribution in [0.5, 0.6) is 0 Å². The molecule has 2 fully saturated rings. The van der Waals surface area contributed by atoms with Gasteiger partial charge in [0.1, 0.15) is 4.21 Å². The molecule has 1 aromatic heterocycles. The molecule has 7 nitrogen and oxygen atoms in total. The summed E-state index contributed by atoms with van der Waals surface area (Å²) in [5, 5.41) is 3.61. The van der Waals surface area contributed by atoms with E-state index >= 15 is 0 Å². The SMILES string of the molecule is O=C(CCN1CCCO1)N1CCC[C@@H](CNS(=O)(=O)c2cccs2)C1. The molecule has 0 spiro atoms. The normalized spacial score (nSPS) is 22.4. The number of nitrogens with one attached hydrogen (secondary N) is 1. The Morgan fingerprint density at radius 2 is 2.24 bits per heavy atom. The van der Waals surface area contributed by atoms with Crippen LogP contribution in [-0.2, 0) is 19.7 Å². The van der Waals surface area contributed by atoms with E-state index in [4.69, 9.17) is 4.84 Å². The van der Waals surface area contributed by atoms with Crippen molar-refractivity contribution in [1.82, 2.24) is 14.7 Å². The highest BCUT2D eigenvalue weighted by atomic mass is 32.2. The van der Waals surface area contributed by atoms with Crippen molar-refractivity contribution in [2.24, 2.45) is 5.92 Å². The number of likely N-dealkylation sites (tertiary alicyclic amines) is 1. The van der Waals surface area contributed by atoms with Gasteiger partial charge in [0.05, 0.1) is 6.61 Å². The van der Waals surface area contributed by atoms with Gasteiger partial charge in [-0.1, -0.05) is 6.07 Å². The molecule has 9 heteroatoms. The maximum Gasteiger partial charge on any atom is 0.250 e. The van der Waals surface area contributed by atoms with Crippen LogP contribution in [0.3, 0.4) is 0 Å². The Kier molecular flexibility index (Phi) is 6.45. The van der Waals surface area contributed by atoms with E-state index in [1.165, 1.54) is 11.3 Å². The van der Waals surface area contributed by atoms with Crippen molar-refractivity contribution in [3.63, 3.8) is 0 Å². The zero-order valence-corrected chi connectivity index (χ0v) is 15.9. The number of hydroxylamine groups is 2. The predicted molar refractivity (Wildman–Crippen MR) is 95.6 cm³/mol. The van der Waals surface area contributed by atoms with Crippen LogP contribution >= 0.6 is 11.3 Å². The monoisotopic (exact) mass is 387 g/mol. The van der Waals surface area contributed by atoms with E-state index < -0.39 is 10.0 Å². The first-order valence-electron chi connectivity index (χ1n) is 8.73. The number of carbonyl (C=O) groups excluding carboxylic acids is 1. The first kappa shape index (κ1) is 18.8. The van der Waals surface area contributed by atoms with Gasteiger partial charge in [0.25, 0.3) is 0 Å². The lowest BCUT2D eigenvalue weighted by Crippen LogP contribution is -2.44. The highest BCUT2D eigenvalue weighted by Gasteiger charge is 2.26. The minimum atomic E-state index is -3.43. The number of amides is 1. The van der Waals surface area contributed by atoms with Crippen LogP contribution in [0.15, 0.2) is 21.7 Å². The quantitative estimate of drug-likeness (QED) is 0.763. The standard InChI is InChI=1S/C16H25N3O4S2/c20-15(6-9-19-8-3-10-23-19)18-7-1-4-14(13-18)12-17-25(21,22)16-5-2-11-24-16/h2,5,11,14,17H,1,3-4,6-10,12-13H2/t14-/m0/s1. The summed E-state index contributed by atoms with van der Waals surface area (Å²) in [7, 11) is -3.43. The van der Waals surface area contributed by atoms with E-state index in [2.05, 4.69) is 4.72 Å². The van der Waals surface area contributed by atoms with Crippen molar-refractivity contribution >= 4 is 27.3 Å². The number of carbonyl (C=O) groups is 1. The molecule has 0 bridgehead atoms. The minimum absolute atomic E-state index is 0.126. The van der Waals surface area contributed by atoms with Gasteiger partial charge in [0, 0.05) is 39.1 Å². The second-order valence-electron chi connectivity index (χ2n) is 6.50. The van der Waals surface area contributed by atoms with E-state index in [1.54, 1.807) is 17.5 Å². The van der Waals surface area contributed by atoms with E-state index in [0.29, 0.717) is 30.3 Å². The Balaban J connectivity index is 1.45. The maximum atomic E-state index is 12.4. The Bertz CT molecular complexity index is 657. The molecular weight excluding hydrogens is 362 g/mol. The van der Waals surface area contributed by atoms with Crippen molar-refractivity contribution in [2.75, 3.05) is 39.3 Å².